The van der Waals surface area contributed by atoms with Crippen molar-refractivity contribution >= 4 is 29.0 Å². The molecule has 144 valence electrons. The van der Waals surface area contributed by atoms with Crippen LogP contribution in [0.5, 0.6) is 5.75 Å². The highest BCUT2D eigenvalue weighted by Gasteiger charge is 2.26. The molecule has 1 saturated heterocycles. The van der Waals surface area contributed by atoms with Gasteiger partial charge in [-0.3, -0.25) is 10.1 Å². The third-order valence-electron chi connectivity index (χ3n) is 4.54. The van der Waals surface area contributed by atoms with Crippen molar-refractivity contribution in [3.63, 3.8) is 0 Å². The first-order valence-electron chi connectivity index (χ1n) is 8.72. The second-order valence-corrected chi connectivity index (χ2v) is 6.14. The van der Waals surface area contributed by atoms with Crippen LogP contribution in [0.3, 0.4) is 0 Å². The Morgan fingerprint density at radius 2 is 1.89 bits per heavy atom. The molecule has 1 aliphatic heterocycles. The topological polar surface area (TPSA) is 123 Å². The molecule has 0 spiro atoms. The molecule has 1 aliphatic rings. The highest BCUT2D eigenvalue weighted by Crippen LogP contribution is 2.32. The molecule has 2 heterocycles. The second-order valence-electron chi connectivity index (χ2n) is 6.14. The van der Waals surface area contributed by atoms with E-state index >= 15 is 0 Å². The summed E-state index contributed by atoms with van der Waals surface area (Å²) in [5.74, 6) is 1.00. The predicted molar refractivity (Wildman–Crippen MR) is 104 cm³/mol. The Bertz CT molecular complexity index is 805. The quantitative estimate of drug-likeness (QED) is 0.577. The number of hydrogen-bond donors (Lipinski definition) is 2. The predicted octanol–water partition coefficient (Wildman–Crippen LogP) is 1.86. The second kappa shape index (κ2) is 8.04. The van der Waals surface area contributed by atoms with E-state index in [4.69, 9.17) is 10.5 Å². The van der Waals surface area contributed by atoms with Gasteiger partial charge < -0.3 is 25.6 Å². The zero-order chi connectivity index (χ0) is 19.4. The van der Waals surface area contributed by atoms with Crippen molar-refractivity contribution in [2.45, 2.75) is 6.92 Å². The highest BCUT2D eigenvalue weighted by atomic mass is 16.6. The average Bonchev–Trinajstić information content (AvgIpc) is 2.68. The molecule has 10 heteroatoms. The number of hydrogen-bond acceptors (Lipinski definition) is 9. The van der Waals surface area contributed by atoms with Crippen LogP contribution in [-0.4, -0.2) is 59.6 Å². The molecule has 1 fully saturated rings. The van der Waals surface area contributed by atoms with Gasteiger partial charge in [0, 0.05) is 31.9 Å². The van der Waals surface area contributed by atoms with E-state index in [1.165, 1.54) is 0 Å². The maximum absolute atomic E-state index is 11.5. The van der Waals surface area contributed by atoms with Crippen molar-refractivity contribution in [1.82, 2.24) is 14.9 Å². The average molecular weight is 373 g/mol. The van der Waals surface area contributed by atoms with Crippen LogP contribution in [0, 0.1) is 10.1 Å². The van der Waals surface area contributed by atoms with Gasteiger partial charge in [-0.1, -0.05) is 6.92 Å². The van der Waals surface area contributed by atoms with E-state index < -0.39 is 4.92 Å². The monoisotopic (exact) mass is 373 g/mol. The van der Waals surface area contributed by atoms with E-state index in [2.05, 4.69) is 27.1 Å². The number of ether oxygens (including phenoxy) is 1. The molecule has 0 saturated carbocycles. The number of anilines is 4. The molecule has 0 radical (unpaired) electrons. The van der Waals surface area contributed by atoms with Gasteiger partial charge in [0.05, 0.1) is 12.0 Å². The number of methoxy groups -OCH3 is 1. The summed E-state index contributed by atoms with van der Waals surface area (Å²) in [4.78, 5) is 23.8. The van der Waals surface area contributed by atoms with Gasteiger partial charge in [0.2, 0.25) is 17.6 Å². The number of nitrogens with one attached hydrogen (secondary N) is 1. The summed E-state index contributed by atoms with van der Waals surface area (Å²) in [7, 11) is 1.57. The SMILES string of the molecule is CCN1CCN(c2nc(N)c([N+](=O)[O-])c(Nc3ccc(OC)cc3)n2)CC1. The molecule has 3 N–H and O–H groups in total. The first-order chi connectivity index (χ1) is 13.0. The molecule has 10 nitrogen and oxygen atoms in total. The number of rotatable bonds is 6. The Balaban J connectivity index is 1.90. The summed E-state index contributed by atoms with van der Waals surface area (Å²) in [5, 5.41) is 14.4. The van der Waals surface area contributed by atoms with Gasteiger partial charge in [0.25, 0.3) is 0 Å². The Morgan fingerprint density at radius 1 is 1.22 bits per heavy atom. The fourth-order valence-corrected chi connectivity index (χ4v) is 2.94. The largest absolute Gasteiger partial charge is 0.497 e. The molecule has 0 unspecified atom stereocenters. The van der Waals surface area contributed by atoms with Gasteiger partial charge in [-0.15, -0.1) is 0 Å². The van der Waals surface area contributed by atoms with Crippen LogP contribution >= 0.6 is 0 Å². The fourth-order valence-electron chi connectivity index (χ4n) is 2.94. The third kappa shape index (κ3) is 4.17. The zero-order valence-corrected chi connectivity index (χ0v) is 15.4. The van der Waals surface area contributed by atoms with Gasteiger partial charge in [-0.25, -0.2) is 0 Å². The summed E-state index contributed by atoms with van der Waals surface area (Å²) in [6, 6.07) is 7.01. The zero-order valence-electron chi connectivity index (χ0n) is 15.4. The van der Waals surface area contributed by atoms with E-state index in [1.54, 1.807) is 31.4 Å². The van der Waals surface area contributed by atoms with Gasteiger partial charge in [0.15, 0.2) is 0 Å². The minimum absolute atomic E-state index is 0.0746. The summed E-state index contributed by atoms with van der Waals surface area (Å²) >= 11 is 0. The number of aromatic nitrogens is 2. The van der Waals surface area contributed by atoms with Crippen molar-refractivity contribution in [2.75, 3.05) is 55.8 Å². The molecule has 1 aromatic heterocycles. The van der Waals surface area contributed by atoms with Crippen LogP contribution in [0.25, 0.3) is 0 Å². The minimum Gasteiger partial charge on any atom is -0.497 e. The summed E-state index contributed by atoms with van der Waals surface area (Å²) < 4.78 is 5.12. The number of nitro groups is 1. The molecule has 0 aliphatic carbocycles. The molecule has 1 aromatic carbocycles. The first-order valence-corrected chi connectivity index (χ1v) is 8.72. The highest BCUT2D eigenvalue weighted by molar-refractivity contribution is 5.74. The van der Waals surface area contributed by atoms with Crippen molar-refractivity contribution < 1.29 is 9.66 Å². The van der Waals surface area contributed by atoms with Crippen LogP contribution < -0.4 is 20.7 Å². The van der Waals surface area contributed by atoms with Gasteiger partial charge in [0.1, 0.15) is 5.75 Å². The minimum atomic E-state index is -0.569. The lowest BCUT2D eigenvalue weighted by Gasteiger charge is -2.34. The smallest absolute Gasteiger partial charge is 0.353 e. The van der Waals surface area contributed by atoms with E-state index in [0.29, 0.717) is 17.4 Å². The van der Waals surface area contributed by atoms with E-state index in [-0.39, 0.29) is 17.3 Å². The summed E-state index contributed by atoms with van der Waals surface area (Å²) in [6.07, 6.45) is 0. The number of nitrogen functional groups attached to an aromatic ring is 1. The van der Waals surface area contributed by atoms with Gasteiger partial charge in [-0.05, 0) is 30.8 Å². The first kappa shape index (κ1) is 18.6. The molecule has 0 amide bonds. The molecule has 2 aromatic rings. The van der Waals surface area contributed by atoms with Crippen LogP contribution in [0.4, 0.5) is 29.0 Å². The van der Waals surface area contributed by atoms with Crippen LogP contribution in [-0.2, 0) is 0 Å². The van der Waals surface area contributed by atoms with Crippen molar-refractivity contribution in [1.29, 1.82) is 0 Å². The van der Waals surface area contributed by atoms with E-state index in [1.807, 2.05) is 4.90 Å². The van der Waals surface area contributed by atoms with Crippen LogP contribution in [0.2, 0.25) is 0 Å². The molecule has 3 rings (SSSR count). The lowest BCUT2D eigenvalue weighted by atomic mass is 10.3. The summed E-state index contributed by atoms with van der Waals surface area (Å²) in [6.45, 7) is 6.37. The molecular formula is C17H23N7O3. The standard InChI is InChI=1S/C17H23N7O3/c1-3-22-8-10-23(11-9-22)17-20-15(18)14(24(25)26)16(21-17)19-12-4-6-13(27-2)7-5-12/h4-7H,3,8-11H2,1-2H3,(H3,18,19,20,21). The van der Waals surface area contributed by atoms with E-state index in [9.17, 15) is 10.1 Å². The van der Waals surface area contributed by atoms with Gasteiger partial charge >= 0.3 is 5.69 Å². The van der Waals surface area contributed by atoms with Crippen molar-refractivity contribution in [3.05, 3.63) is 34.4 Å². The number of benzene rings is 1. The Labute approximate surface area is 157 Å². The van der Waals surface area contributed by atoms with Gasteiger partial charge in [-0.2, -0.15) is 9.97 Å². The molecule has 27 heavy (non-hydrogen) atoms. The van der Waals surface area contributed by atoms with Crippen LogP contribution in [0.15, 0.2) is 24.3 Å². The lowest BCUT2D eigenvalue weighted by Crippen LogP contribution is -2.46. The lowest BCUT2D eigenvalue weighted by molar-refractivity contribution is -0.383. The molecule has 0 bridgehead atoms. The number of piperazine rings is 1. The van der Waals surface area contributed by atoms with Crippen molar-refractivity contribution in [3.8, 4) is 5.75 Å². The Morgan fingerprint density at radius 3 is 2.44 bits per heavy atom. The maximum atomic E-state index is 11.5. The Kier molecular flexibility index (Phi) is 5.55. The van der Waals surface area contributed by atoms with Crippen LogP contribution in [0.1, 0.15) is 6.92 Å². The fraction of sp³-hybridized carbons (Fsp3) is 0.412. The molecule has 0 atom stereocenters. The van der Waals surface area contributed by atoms with Crippen molar-refractivity contribution in [2.24, 2.45) is 0 Å². The number of nitrogens with zero attached hydrogens (tertiary/aromatic N) is 5. The third-order valence-corrected chi connectivity index (χ3v) is 4.54. The molecular weight excluding hydrogens is 350 g/mol. The number of likely N-dealkylation sites (N-methyl/N-ethyl adjacent to an activating group) is 1. The van der Waals surface area contributed by atoms with E-state index in [0.717, 1.165) is 32.7 Å². The normalized spacial score (nSPS) is 14.8. The number of nitrogens with two attached hydrogens (primary N) is 1. The Hall–Kier alpha value is -3.14. The summed E-state index contributed by atoms with van der Waals surface area (Å²) in [5.41, 5.74) is 6.20. The maximum Gasteiger partial charge on any atom is 0.353 e.